The van der Waals surface area contributed by atoms with Crippen molar-refractivity contribution in [1.29, 1.82) is 0 Å². The minimum Gasteiger partial charge on any atom is -0.458 e. The van der Waals surface area contributed by atoms with Crippen LogP contribution in [0.15, 0.2) is 47.2 Å². The second-order valence-corrected chi connectivity index (χ2v) is 8.08. The maximum absolute atomic E-state index is 11.8. The molecule has 0 radical (unpaired) electrons. The molecule has 0 N–H and O–H groups in total. The van der Waals surface area contributed by atoms with Crippen molar-refractivity contribution in [3.8, 4) is 0 Å². The van der Waals surface area contributed by atoms with Crippen LogP contribution in [0.3, 0.4) is 0 Å². The summed E-state index contributed by atoms with van der Waals surface area (Å²) in [4.78, 5) is 16.1. The van der Waals surface area contributed by atoms with Crippen molar-refractivity contribution in [2.45, 2.75) is 66.9 Å². The van der Waals surface area contributed by atoms with E-state index in [0.717, 1.165) is 11.1 Å². The molecule has 1 heterocycles. The molecule has 0 fully saturated rings. The second-order valence-electron chi connectivity index (χ2n) is 8.08. The van der Waals surface area contributed by atoms with Gasteiger partial charge in [-0.3, -0.25) is 0 Å². The van der Waals surface area contributed by atoms with E-state index in [9.17, 15) is 4.79 Å². The van der Waals surface area contributed by atoms with Crippen molar-refractivity contribution in [2.24, 2.45) is 5.41 Å². The van der Waals surface area contributed by atoms with Gasteiger partial charge in [-0.15, -0.1) is 0 Å². The quantitative estimate of drug-likeness (QED) is 0.472. The Morgan fingerprint density at radius 1 is 1.31 bits per heavy atom. The molecule has 140 valence electrons. The standard InChI is InChI=1S/C23H31NO2/c1-16(2)26-22(25)21-12-10-19(15-24-21)14-17(3)9-11-20-18(4)8-7-13-23(20,5)6/h9-12,14-16H,7-8,13H2,1-6H3/b11-9?,17-14+. The van der Waals surface area contributed by atoms with Gasteiger partial charge in [0.1, 0.15) is 5.69 Å². The first-order valence-electron chi connectivity index (χ1n) is 9.42. The topological polar surface area (TPSA) is 39.2 Å². The zero-order valence-corrected chi connectivity index (χ0v) is 16.9. The molecule has 3 heteroatoms. The molecule has 0 bridgehead atoms. The van der Waals surface area contributed by atoms with E-state index in [1.807, 2.05) is 19.9 Å². The van der Waals surface area contributed by atoms with Crippen LogP contribution in [-0.4, -0.2) is 17.1 Å². The zero-order chi connectivity index (χ0) is 19.3. The van der Waals surface area contributed by atoms with Crippen LogP contribution in [0.25, 0.3) is 6.08 Å². The summed E-state index contributed by atoms with van der Waals surface area (Å²) in [6.45, 7) is 12.6. The minimum atomic E-state index is -0.380. The van der Waals surface area contributed by atoms with E-state index in [2.05, 4.69) is 50.9 Å². The lowest BCUT2D eigenvalue weighted by Crippen LogP contribution is -2.19. The molecule has 0 aliphatic heterocycles. The van der Waals surface area contributed by atoms with Crippen LogP contribution in [0, 0.1) is 5.41 Å². The first kappa shape index (κ1) is 20.2. The van der Waals surface area contributed by atoms with E-state index in [-0.39, 0.29) is 17.5 Å². The van der Waals surface area contributed by atoms with Crippen LogP contribution >= 0.6 is 0 Å². The van der Waals surface area contributed by atoms with Crippen LogP contribution in [0.2, 0.25) is 0 Å². The Morgan fingerprint density at radius 3 is 2.62 bits per heavy atom. The lowest BCUT2D eigenvalue weighted by atomic mass is 9.72. The number of rotatable bonds is 5. The van der Waals surface area contributed by atoms with Gasteiger partial charge in [-0.2, -0.15) is 0 Å². The number of esters is 1. The van der Waals surface area contributed by atoms with Gasteiger partial charge in [0.15, 0.2) is 0 Å². The average Bonchev–Trinajstić information content (AvgIpc) is 2.53. The maximum Gasteiger partial charge on any atom is 0.357 e. The fraction of sp³-hybridized carbons (Fsp3) is 0.478. The summed E-state index contributed by atoms with van der Waals surface area (Å²) in [6, 6.07) is 3.61. The molecular formula is C23H31NO2. The molecule has 3 nitrogen and oxygen atoms in total. The smallest absolute Gasteiger partial charge is 0.357 e. The van der Waals surface area contributed by atoms with Crippen LogP contribution in [0.5, 0.6) is 0 Å². The predicted molar refractivity (Wildman–Crippen MR) is 108 cm³/mol. The van der Waals surface area contributed by atoms with E-state index < -0.39 is 0 Å². The number of carbonyl (C=O) groups is 1. The molecule has 1 aromatic rings. The van der Waals surface area contributed by atoms with Gasteiger partial charge < -0.3 is 4.74 Å². The normalized spacial score (nSPS) is 17.9. The average molecular weight is 354 g/mol. The molecule has 0 saturated carbocycles. The Balaban J connectivity index is 2.11. The summed E-state index contributed by atoms with van der Waals surface area (Å²) in [6.07, 6.45) is 11.8. The van der Waals surface area contributed by atoms with Crippen molar-refractivity contribution in [2.75, 3.05) is 0 Å². The van der Waals surface area contributed by atoms with Gasteiger partial charge in [-0.25, -0.2) is 9.78 Å². The third-order valence-corrected chi connectivity index (χ3v) is 4.79. The highest BCUT2D eigenvalue weighted by Gasteiger charge is 2.26. The molecule has 1 aliphatic rings. The lowest BCUT2D eigenvalue weighted by molar-refractivity contribution is 0.0371. The van der Waals surface area contributed by atoms with Crippen LogP contribution in [0.4, 0.5) is 0 Å². The Bertz CT molecular complexity index is 734. The van der Waals surface area contributed by atoms with Gasteiger partial charge in [-0.05, 0) is 69.6 Å². The van der Waals surface area contributed by atoms with Crippen LogP contribution in [-0.2, 0) is 4.74 Å². The molecule has 1 aromatic heterocycles. The second kappa shape index (κ2) is 8.48. The van der Waals surface area contributed by atoms with E-state index >= 15 is 0 Å². The molecule has 0 amide bonds. The van der Waals surface area contributed by atoms with Crippen LogP contribution < -0.4 is 0 Å². The van der Waals surface area contributed by atoms with Gasteiger partial charge in [0.25, 0.3) is 0 Å². The van der Waals surface area contributed by atoms with Crippen molar-refractivity contribution >= 4 is 12.0 Å². The summed E-state index contributed by atoms with van der Waals surface area (Å²) in [5.41, 5.74) is 5.68. The number of carbonyl (C=O) groups excluding carboxylic acids is 1. The van der Waals surface area contributed by atoms with E-state index in [4.69, 9.17) is 4.74 Å². The summed E-state index contributed by atoms with van der Waals surface area (Å²) < 4.78 is 5.16. The van der Waals surface area contributed by atoms with E-state index in [1.165, 1.54) is 30.4 Å². The third kappa shape index (κ3) is 5.42. The number of hydrogen-bond donors (Lipinski definition) is 0. The summed E-state index contributed by atoms with van der Waals surface area (Å²) in [5.74, 6) is -0.380. The summed E-state index contributed by atoms with van der Waals surface area (Å²) >= 11 is 0. The molecular weight excluding hydrogens is 322 g/mol. The largest absolute Gasteiger partial charge is 0.458 e. The number of hydrogen-bond acceptors (Lipinski definition) is 3. The van der Waals surface area contributed by atoms with Crippen molar-refractivity contribution in [1.82, 2.24) is 4.98 Å². The molecule has 0 unspecified atom stereocenters. The highest BCUT2D eigenvalue weighted by molar-refractivity contribution is 5.87. The fourth-order valence-electron chi connectivity index (χ4n) is 3.42. The minimum absolute atomic E-state index is 0.141. The molecule has 0 spiro atoms. The molecule has 2 rings (SSSR count). The fourth-order valence-corrected chi connectivity index (χ4v) is 3.42. The highest BCUT2D eigenvalue weighted by Crippen LogP contribution is 2.40. The predicted octanol–water partition coefficient (Wildman–Crippen LogP) is 6.13. The lowest BCUT2D eigenvalue weighted by Gasteiger charge is -2.32. The Hall–Kier alpha value is -2.16. The number of aromatic nitrogens is 1. The summed E-state index contributed by atoms with van der Waals surface area (Å²) in [5, 5.41) is 0. The number of ether oxygens (including phenoxy) is 1. The number of pyridine rings is 1. The Kier molecular flexibility index (Phi) is 6.57. The van der Waals surface area contributed by atoms with Crippen molar-refractivity contribution < 1.29 is 9.53 Å². The SMILES string of the molecule is CC1=C(C=C/C(C)=C/c2ccc(C(=O)OC(C)C)nc2)C(C)(C)CCC1. The van der Waals surface area contributed by atoms with Gasteiger partial charge in [-0.1, -0.05) is 49.3 Å². The van der Waals surface area contributed by atoms with Gasteiger partial charge in [0, 0.05) is 6.20 Å². The molecule has 1 aliphatic carbocycles. The van der Waals surface area contributed by atoms with Gasteiger partial charge in [0.2, 0.25) is 0 Å². The number of nitrogens with zero attached hydrogens (tertiary/aromatic N) is 1. The van der Waals surface area contributed by atoms with E-state index in [1.54, 1.807) is 12.3 Å². The van der Waals surface area contributed by atoms with Gasteiger partial charge >= 0.3 is 5.97 Å². The molecule has 0 saturated heterocycles. The molecule has 0 aromatic carbocycles. The Morgan fingerprint density at radius 2 is 2.04 bits per heavy atom. The van der Waals surface area contributed by atoms with Crippen molar-refractivity contribution in [3.05, 3.63) is 58.5 Å². The Labute approximate surface area is 157 Å². The summed E-state index contributed by atoms with van der Waals surface area (Å²) in [7, 11) is 0. The maximum atomic E-state index is 11.8. The van der Waals surface area contributed by atoms with Crippen LogP contribution in [0.1, 0.15) is 76.9 Å². The first-order chi connectivity index (χ1) is 12.2. The third-order valence-electron chi connectivity index (χ3n) is 4.79. The van der Waals surface area contributed by atoms with Crippen molar-refractivity contribution in [3.63, 3.8) is 0 Å². The van der Waals surface area contributed by atoms with Gasteiger partial charge in [0.05, 0.1) is 6.10 Å². The number of allylic oxidation sites excluding steroid dienone is 5. The monoisotopic (exact) mass is 353 g/mol. The molecule has 0 atom stereocenters. The first-order valence-corrected chi connectivity index (χ1v) is 9.42. The zero-order valence-electron chi connectivity index (χ0n) is 16.9. The van der Waals surface area contributed by atoms with E-state index in [0.29, 0.717) is 5.69 Å². The molecule has 26 heavy (non-hydrogen) atoms. The highest BCUT2D eigenvalue weighted by atomic mass is 16.5.